The molecule has 0 radical (unpaired) electrons. The van der Waals surface area contributed by atoms with Gasteiger partial charge in [0.2, 0.25) is 0 Å². The standard InChI is InChI=1S/C20H22N2O4/c1-26-18-9-8-14(12-17(18)23)13-21-10-4-5-11-22-19(24)15-6-2-3-7-16(15)20(22)25/h2-3,6-9,12,21,23H,4-5,10-11,13H2,1H3. The molecule has 3 rings (SSSR count). The van der Waals surface area contributed by atoms with E-state index in [1.165, 1.54) is 12.0 Å². The third-order valence-electron chi connectivity index (χ3n) is 4.44. The average molecular weight is 354 g/mol. The third-order valence-corrected chi connectivity index (χ3v) is 4.44. The summed E-state index contributed by atoms with van der Waals surface area (Å²) in [6.45, 7) is 1.82. The van der Waals surface area contributed by atoms with Gasteiger partial charge in [-0.2, -0.15) is 0 Å². The van der Waals surface area contributed by atoms with Crippen molar-refractivity contribution in [1.82, 2.24) is 10.2 Å². The fourth-order valence-electron chi connectivity index (χ4n) is 3.04. The molecule has 136 valence electrons. The van der Waals surface area contributed by atoms with Gasteiger partial charge in [0.15, 0.2) is 11.5 Å². The SMILES string of the molecule is COc1ccc(CNCCCCN2C(=O)c3ccccc3C2=O)cc1O. The van der Waals surface area contributed by atoms with Crippen molar-refractivity contribution in [3.63, 3.8) is 0 Å². The molecule has 2 aromatic carbocycles. The number of hydrogen-bond acceptors (Lipinski definition) is 5. The molecule has 0 aliphatic carbocycles. The minimum Gasteiger partial charge on any atom is -0.504 e. The van der Waals surface area contributed by atoms with Crippen molar-refractivity contribution in [2.75, 3.05) is 20.2 Å². The van der Waals surface area contributed by atoms with Gasteiger partial charge in [0.05, 0.1) is 18.2 Å². The molecule has 2 amide bonds. The number of methoxy groups -OCH3 is 1. The fourth-order valence-corrected chi connectivity index (χ4v) is 3.04. The van der Waals surface area contributed by atoms with Crippen LogP contribution in [0.1, 0.15) is 39.1 Å². The predicted molar refractivity (Wildman–Crippen MR) is 97.4 cm³/mol. The van der Waals surface area contributed by atoms with Gasteiger partial charge in [-0.1, -0.05) is 18.2 Å². The Kier molecular flexibility index (Phi) is 5.53. The van der Waals surface area contributed by atoms with Crippen molar-refractivity contribution in [2.24, 2.45) is 0 Å². The van der Waals surface area contributed by atoms with Gasteiger partial charge >= 0.3 is 0 Å². The lowest BCUT2D eigenvalue weighted by Crippen LogP contribution is -2.31. The Morgan fingerprint density at radius 1 is 1.04 bits per heavy atom. The number of unbranched alkanes of at least 4 members (excludes halogenated alkanes) is 1. The monoisotopic (exact) mass is 354 g/mol. The Labute approximate surface area is 152 Å². The lowest BCUT2D eigenvalue weighted by molar-refractivity contribution is 0.0651. The van der Waals surface area contributed by atoms with Crippen LogP contribution in [-0.2, 0) is 6.54 Å². The summed E-state index contributed by atoms with van der Waals surface area (Å²) in [5, 5.41) is 13.0. The number of benzene rings is 2. The van der Waals surface area contributed by atoms with Crippen molar-refractivity contribution in [2.45, 2.75) is 19.4 Å². The van der Waals surface area contributed by atoms with Crippen molar-refractivity contribution in [3.05, 3.63) is 59.2 Å². The number of phenolic OH excluding ortho intramolecular Hbond substituents is 1. The molecule has 0 bridgehead atoms. The molecule has 0 saturated heterocycles. The van der Waals surface area contributed by atoms with E-state index in [9.17, 15) is 14.7 Å². The molecule has 26 heavy (non-hydrogen) atoms. The van der Waals surface area contributed by atoms with E-state index < -0.39 is 0 Å². The number of aromatic hydroxyl groups is 1. The van der Waals surface area contributed by atoms with Crippen LogP contribution in [0.4, 0.5) is 0 Å². The Morgan fingerprint density at radius 3 is 2.35 bits per heavy atom. The number of nitrogens with zero attached hydrogens (tertiary/aromatic N) is 1. The highest BCUT2D eigenvalue weighted by atomic mass is 16.5. The summed E-state index contributed by atoms with van der Waals surface area (Å²) in [6.07, 6.45) is 1.59. The van der Waals surface area contributed by atoms with Gasteiger partial charge < -0.3 is 15.2 Å². The number of amides is 2. The first-order valence-electron chi connectivity index (χ1n) is 8.63. The molecule has 0 unspecified atom stereocenters. The first-order valence-corrected chi connectivity index (χ1v) is 8.63. The zero-order valence-electron chi connectivity index (χ0n) is 14.7. The summed E-state index contributed by atoms with van der Waals surface area (Å²) >= 11 is 0. The van der Waals surface area contributed by atoms with E-state index in [0.717, 1.165) is 24.9 Å². The lowest BCUT2D eigenvalue weighted by atomic mass is 10.1. The predicted octanol–water partition coefficient (Wildman–Crippen LogP) is 2.57. The second-order valence-electron chi connectivity index (χ2n) is 6.20. The van der Waals surface area contributed by atoms with Crippen LogP contribution in [0, 0.1) is 0 Å². The third kappa shape index (κ3) is 3.70. The van der Waals surface area contributed by atoms with E-state index in [4.69, 9.17) is 4.74 Å². The van der Waals surface area contributed by atoms with E-state index in [0.29, 0.717) is 30.0 Å². The van der Waals surface area contributed by atoms with Crippen LogP contribution in [0.3, 0.4) is 0 Å². The molecule has 1 aliphatic rings. The molecule has 1 aliphatic heterocycles. The van der Waals surface area contributed by atoms with Crippen LogP contribution < -0.4 is 10.1 Å². The average Bonchev–Trinajstić information content (AvgIpc) is 2.89. The molecule has 0 fully saturated rings. The fraction of sp³-hybridized carbons (Fsp3) is 0.300. The van der Waals surface area contributed by atoms with Crippen molar-refractivity contribution in [1.29, 1.82) is 0 Å². The van der Waals surface area contributed by atoms with Gasteiger partial charge in [0.25, 0.3) is 11.8 Å². The summed E-state index contributed by atoms with van der Waals surface area (Å²) in [7, 11) is 1.52. The largest absolute Gasteiger partial charge is 0.504 e. The molecule has 2 N–H and O–H groups in total. The second-order valence-corrected chi connectivity index (χ2v) is 6.20. The highest BCUT2D eigenvalue weighted by Crippen LogP contribution is 2.26. The Morgan fingerprint density at radius 2 is 1.73 bits per heavy atom. The number of hydrogen-bond donors (Lipinski definition) is 2. The summed E-state index contributed by atoms with van der Waals surface area (Å²) < 4.78 is 5.02. The molecule has 0 saturated carbocycles. The van der Waals surface area contributed by atoms with E-state index in [2.05, 4.69) is 5.32 Å². The molecular weight excluding hydrogens is 332 g/mol. The van der Waals surface area contributed by atoms with Crippen molar-refractivity contribution < 1.29 is 19.4 Å². The maximum atomic E-state index is 12.3. The number of phenols is 1. The number of carbonyl (C=O) groups is 2. The Balaban J connectivity index is 1.39. The van der Waals surface area contributed by atoms with Crippen LogP contribution in [0.15, 0.2) is 42.5 Å². The topological polar surface area (TPSA) is 78.9 Å². The zero-order chi connectivity index (χ0) is 18.5. The molecule has 1 heterocycles. The van der Waals surface area contributed by atoms with Gasteiger partial charge in [-0.15, -0.1) is 0 Å². The summed E-state index contributed by atoms with van der Waals surface area (Å²) in [5.74, 6) is 0.173. The van der Waals surface area contributed by atoms with Gasteiger partial charge in [-0.05, 0) is 49.2 Å². The van der Waals surface area contributed by atoms with E-state index in [1.54, 1.807) is 36.4 Å². The minimum atomic E-state index is -0.202. The van der Waals surface area contributed by atoms with E-state index >= 15 is 0 Å². The molecule has 6 heteroatoms. The lowest BCUT2D eigenvalue weighted by Gasteiger charge is -2.13. The highest BCUT2D eigenvalue weighted by Gasteiger charge is 2.34. The van der Waals surface area contributed by atoms with Crippen LogP contribution in [-0.4, -0.2) is 42.0 Å². The van der Waals surface area contributed by atoms with E-state index in [1.807, 2.05) is 6.07 Å². The molecule has 0 atom stereocenters. The van der Waals surface area contributed by atoms with Crippen LogP contribution in [0.5, 0.6) is 11.5 Å². The van der Waals surface area contributed by atoms with Crippen LogP contribution in [0.25, 0.3) is 0 Å². The molecule has 0 aromatic heterocycles. The molecule has 2 aromatic rings. The van der Waals surface area contributed by atoms with Gasteiger partial charge in [-0.25, -0.2) is 0 Å². The number of fused-ring (bicyclic) bond motifs is 1. The van der Waals surface area contributed by atoms with Crippen molar-refractivity contribution >= 4 is 11.8 Å². The number of nitrogens with one attached hydrogen (secondary N) is 1. The van der Waals surface area contributed by atoms with E-state index in [-0.39, 0.29) is 17.6 Å². The van der Waals surface area contributed by atoms with Gasteiger partial charge in [-0.3, -0.25) is 14.5 Å². The Hall–Kier alpha value is -2.86. The minimum absolute atomic E-state index is 0.123. The molecule has 6 nitrogen and oxygen atoms in total. The summed E-state index contributed by atoms with van der Waals surface area (Å²) in [6, 6.07) is 12.2. The summed E-state index contributed by atoms with van der Waals surface area (Å²) in [5.41, 5.74) is 1.95. The normalized spacial score (nSPS) is 13.2. The quantitative estimate of drug-likeness (QED) is 0.563. The van der Waals surface area contributed by atoms with Crippen LogP contribution >= 0.6 is 0 Å². The molecule has 0 spiro atoms. The second kappa shape index (κ2) is 8.01. The zero-order valence-corrected chi connectivity index (χ0v) is 14.7. The number of carbonyl (C=O) groups excluding carboxylic acids is 2. The smallest absolute Gasteiger partial charge is 0.261 e. The first-order chi connectivity index (χ1) is 12.6. The maximum Gasteiger partial charge on any atom is 0.261 e. The maximum absolute atomic E-state index is 12.3. The summed E-state index contributed by atoms with van der Waals surface area (Å²) in [4.78, 5) is 25.8. The number of ether oxygens (including phenoxy) is 1. The van der Waals surface area contributed by atoms with Crippen molar-refractivity contribution in [3.8, 4) is 11.5 Å². The van der Waals surface area contributed by atoms with Crippen LogP contribution in [0.2, 0.25) is 0 Å². The van der Waals surface area contributed by atoms with Gasteiger partial charge in [0.1, 0.15) is 0 Å². The molecular formula is C20H22N2O4. The first kappa shape index (κ1) is 17.9. The number of rotatable bonds is 8. The Bertz CT molecular complexity index is 784. The van der Waals surface area contributed by atoms with Gasteiger partial charge in [0, 0.05) is 13.1 Å². The highest BCUT2D eigenvalue weighted by molar-refractivity contribution is 6.21. The number of imide groups is 1.